The van der Waals surface area contributed by atoms with Crippen LogP contribution in [-0.2, 0) is 11.8 Å². The summed E-state index contributed by atoms with van der Waals surface area (Å²) in [6.45, 7) is 11.4. The number of hydrogen-bond acceptors (Lipinski definition) is 3. The SMILES string of the molecule is CC.CC(=O)C1CCCC1.Cc1ccc(C(=O)N2CC(c3ccc(-c4cnn(C)c4)cc3)C2)cc1C. The molecule has 1 saturated heterocycles. The van der Waals surface area contributed by atoms with Crippen molar-refractivity contribution < 1.29 is 9.59 Å². The lowest BCUT2D eigenvalue weighted by Crippen LogP contribution is -2.48. The van der Waals surface area contributed by atoms with Gasteiger partial charge in [-0.2, -0.15) is 5.10 Å². The van der Waals surface area contributed by atoms with Crippen LogP contribution < -0.4 is 0 Å². The van der Waals surface area contributed by atoms with E-state index >= 15 is 0 Å². The largest absolute Gasteiger partial charge is 0.337 e. The van der Waals surface area contributed by atoms with Gasteiger partial charge in [0.2, 0.25) is 0 Å². The van der Waals surface area contributed by atoms with Crippen LogP contribution in [0.25, 0.3) is 11.1 Å². The summed E-state index contributed by atoms with van der Waals surface area (Å²) in [5.41, 5.74) is 6.76. The van der Waals surface area contributed by atoms with E-state index in [-0.39, 0.29) is 5.91 Å². The van der Waals surface area contributed by atoms with Gasteiger partial charge in [0, 0.05) is 49.3 Å². The average Bonchev–Trinajstić information content (AvgIpc) is 3.54. The molecule has 0 radical (unpaired) electrons. The molecule has 1 aliphatic heterocycles. The standard InChI is InChI=1S/C22H23N3O.C7H12O.C2H6/c1-15-4-5-19(10-16(15)2)22(26)25-13-21(14-25)18-8-6-17(7-9-18)20-11-23-24(3)12-20;1-6(8)7-4-2-3-5-7;1-2/h4-12,21H,13-14H2,1-3H3;7H,2-5H2,1H3;1-2H3. The third-order valence-corrected chi connectivity index (χ3v) is 7.27. The molecule has 36 heavy (non-hydrogen) atoms. The van der Waals surface area contributed by atoms with E-state index in [1.807, 2.05) is 61.1 Å². The van der Waals surface area contributed by atoms with Gasteiger partial charge in [-0.15, -0.1) is 0 Å². The number of likely N-dealkylation sites (tertiary alicyclic amines) is 1. The molecule has 192 valence electrons. The Morgan fingerprint density at radius 1 is 0.889 bits per heavy atom. The Morgan fingerprint density at radius 2 is 1.53 bits per heavy atom. The lowest BCUT2D eigenvalue weighted by Gasteiger charge is -2.39. The van der Waals surface area contributed by atoms with Crippen LogP contribution in [-0.4, -0.2) is 39.5 Å². The number of ketones is 1. The molecule has 0 unspecified atom stereocenters. The molecule has 1 saturated carbocycles. The van der Waals surface area contributed by atoms with Crippen LogP contribution in [0.15, 0.2) is 54.9 Å². The van der Waals surface area contributed by atoms with Crippen LogP contribution in [0.4, 0.5) is 0 Å². The third kappa shape index (κ3) is 6.71. The lowest BCUT2D eigenvalue weighted by atomic mass is 9.89. The van der Waals surface area contributed by atoms with E-state index in [2.05, 4.69) is 43.2 Å². The summed E-state index contributed by atoms with van der Waals surface area (Å²) in [6.07, 6.45) is 8.73. The van der Waals surface area contributed by atoms with E-state index < -0.39 is 0 Å². The number of aromatic nitrogens is 2. The second kappa shape index (κ2) is 12.7. The Balaban J connectivity index is 0.000000305. The summed E-state index contributed by atoms with van der Waals surface area (Å²) in [6, 6.07) is 14.6. The highest BCUT2D eigenvalue weighted by Crippen LogP contribution is 2.30. The first-order valence-electron chi connectivity index (χ1n) is 13.3. The van der Waals surface area contributed by atoms with Crippen molar-refractivity contribution in [3.8, 4) is 11.1 Å². The summed E-state index contributed by atoms with van der Waals surface area (Å²) < 4.78 is 1.81. The monoisotopic (exact) mass is 487 g/mol. The molecule has 0 bridgehead atoms. The highest BCUT2D eigenvalue weighted by atomic mass is 16.2. The van der Waals surface area contributed by atoms with Crippen molar-refractivity contribution in [2.45, 2.75) is 66.2 Å². The molecular formula is C31H41N3O2. The van der Waals surface area contributed by atoms with Gasteiger partial charge in [0.15, 0.2) is 0 Å². The number of rotatable bonds is 4. The zero-order valence-corrected chi connectivity index (χ0v) is 22.8. The van der Waals surface area contributed by atoms with Crippen LogP contribution in [0.1, 0.15) is 79.4 Å². The predicted octanol–water partition coefficient (Wildman–Crippen LogP) is 6.74. The van der Waals surface area contributed by atoms with Crippen molar-refractivity contribution >= 4 is 11.7 Å². The number of Topliss-reactive ketones (excluding diaryl/α,β-unsaturated/α-hetero) is 1. The lowest BCUT2D eigenvalue weighted by molar-refractivity contribution is -0.120. The Hall–Kier alpha value is -3.21. The molecule has 0 atom stereocenters. The van der Waals surface area contributed by atoms with Gasteiger partial charge in [0.1, 0.15) is 5.78 Å². The van der Waals surface area contributed by atoms with Crippen molar-refractivity contribution in [3.63, 3.8) is 0 Å². The zero-order valence-electron chi connectivity index (χ0n) is 22.8. The number of hydrogen-bond donors (Lipinski definition) is 0. The van der Waals surface area contributed by atoms with Crippen LogP contribution >= 0.6 is 0 Å². The maximum Gasteiger partial charge on any atom is 0.253 e. The molecule has 0 N–H and O–H groups in total. The number of aryl methyl sites for hydroxylation is 3. The molecule has 0 spiro atoms. The minimum absolute atomic E-state index is 0.135. The van der Waals surface area contributed by atoms with Gasteiger partial charge < -0.3 is 4.90 Å². The van der Waals surface area contributed by atoms with Gasteiger partial charge in [-0.25, -0.2) is 0 Å². The minimum Gasteiger partial charge on any atom is -0.337 e. The Labute approximate surface area is 216 Å². The van der Waals surface area contributed by atoms with Crippen molar-refractivity contribution in [3.05, 3.63) is 77.1 Å². The molecule has 1 amide bonds. The molecule has 1 aromatic heterocycles. The highest BCUT2D eigenvalue weighted by molar-refractivity contribution is 5.95. The van der Waals surface area contributed by atoms with Gasteiger partial charge >= 0.3 is 0 Å². The molecule has 3 aromatic rings. The topological polar surface area (TPSA) is 55.2 Å². The summed E-state index contributed by atoms with van der Waals surface area (Å²) in [5, 5.41) is 4.22. The maximum absolute atomic E-state index is 12.6. The minimum atomic E-state index is 0.135. The van der Waals surface area contributed by atoms with Crippen LogP contribution in [0.5, 0.6) is 0 Å². The molecule has 2 heterocycles. The first-order valence-corrected chi connectivity index (χ1v) is 13.3. The summed E-state index contributed by atoms with van der Waals surface area (Å²) in [5.74, 6) is 1.38. The number of carbonyl (C=O) groups excluding carboxylic acids is 2. The molecule has 1 aliphatic carbocycles. The van der Waals surface area contributed by atoms with Gasteiger partial charge in [-0.1, -0.05) is 57.0 Å². The van der Waals surface area contributed by atoms with Crippen molar-refractivity contribution in [2.75, 3.05) is 13.1 Å². The van der Waals surface area contributed by atoms with Crippen molar-refractivity contribution in [1.82, 2.24) is 14.7 Å². The van der Waals surface area contributed by atoms with Gasteiger partial charge in [-0.3, -0.25) is 14.3 Å². The fourth-order valence-electron chi connectivity index (χ4n) is 4.76. The highest BCUT2D eigenvalue weighted by Gasteiger charge is 2.32. The molecule has 5 nitrogen and oxygen atoms in total. The fraction of sp³-hybridized carbons (Fsp3) is 0.452. The zero-order chi connectivity index (χ0) is 26.2. The van der Waals surface area contributed by atoms with E-state index in [4.69, 9.17) is 0 Å². The second-order valence-corrected chi connectivity index (χ2v) is 9.82. The first kappa shape index (κ1) is 27.4. The van der Waals surface area contributed by atoms with Crippen LogP contribution in [0, 0.1) is 19.8 Å². The number of carbonyl (C=O) groups is 2. The van der Waals surface area contributed by atoms with Gasteiger partial charge in [0.25, 0.3) is 5.91 Å². The third-order valence-electron chi connectivity index (χ3n) is 7.27. The van der Waals surface area contributed by atoms with Crippen molar-refractivity contribution in [1.29, 1.82) is 0 Å². The first-order chi connectivity index (χ1) is 17.3. The molecular weight excluding hydrogens is 446 g/mol. The van der Waals surface area contributed by atoms with Gasteiger partial charge in [0.05, 0.1) is 6.20 Å². The second-order valence-electron chi connectivity index (χ2n) is 9.82. The van der Waals surface area contributed by atoms with Crippen LogP contribution in [0.2, 0.25) is 0 Å². The maximum atomic E-state index is 12.6. The van der Waals surface area contributed by atoms with E-state index in [1.54, 1.807) is 6.92 Å². The van der Waals surface area contributed by atoms with Crippen LogP contribution in [0.3, 0.4) is 0 Å². The smallest absolute Gasteiger partial charge is 0.253 e. The Kier molecular flexibility index (Phi) is 9.63. The number of nitrogens with zero attached hydrogens (tertiary/aromatic N) is 3. The van der Waals surface area contributed by atoms with E-state index in [0.717, 1.165) is 37.1 Å². The summed E-state index contributed by atoms with van der Waals surface area (Å²) >= 11 is 0. The van der Waals surface area contributed by atoms with E-state index in [1.165, 1.54) is 35.1 Å². The van der Waals surface area contributed by atoms with E-state index in [0.29, 0.717) is 17.6 Å². The normalized spacial score (nSPS) is 15.3. The Bertz CT molecular complexity index is 1150. The summed E-state index contributed by atoms with van der Waals surface area (Å²) in [4.78, 5) is 25.2. The number of benzene rings is 2. The quantitative estimate of drug-likeness (QED) is 0.410. The fourth-order valence-corrected chi connectivity index (χ4v) is 4.76. The predicted molar refractivity (Wildman–Crippen MR) is 147 cm³/mol. The van der Waals surface area contributed by atoms with Crippen molar-refractivity contribution in [2.24, 2.45) is 13.0 Å². The molecule has 2 aliphatic rings. The number of amides is 1. The summed E-state index contributed by atoms with van der Waals surface area (Å²) in [7, 11) is 1.92. The molecule has 5 rings (SSSR count). The Morgan fingerprint density at radius 3 is 2.03 bits per heavy atom. The van der Waals surface area contributed by atoms with Gasteiger partial charge in [-0.05, 0) is 68.0 Å². The molecule has 2 aromatic carbocycles. The molecule has 2 fully saturated rings. The average molecular weight is 488 g/mol. The molecule has 5 heteroatoms. The van der Waals surface area contributed by atoms with E-state index in [9.17, 15) is 9.59 Å².